The van der Waals surface area contributed by atoms with Gasteiger partial charge in [-0.1, -0.05) is 48.5 Å². The van der Waals surface area contributed by atoms with Gasteiger partial charge in [0.05, 0.1) is 18.8 Å². The molecule has 0 aliphatic carbocycles. The van der Waals surface area contributed by atoms with Crippen molar-refractivity contribution in [1.82, 2.24) is 10.2 Å². The molecule has 2 amide bonds. The van der Waals surface area contributed by atoms with Crippen LogP contribution < -0.4 is 15.4 Å². The average molecular weight is 363 g/mol. The molecule has 3 rings (SSSR count). The lowest BCUT2D eigenvalue weighted by molar-refractivity contribution is 0.243. The quantitative estimate of drug-likeness (QED) is 0.687. The Morgan fingerprint density at radius 3 is 2.56 bits per heavy atom. The molecule has 0 fully saturated rings. The lowest BCUT2D eigenvalue weighted by Crippen LogP contribution is -2.36. The molecule has 0 bridgehead atoms. The van der Waals surface area contributed by atoms with Gasteiger partial charge >= 0.3 is 6.03 Å². The number of nitrogens with zero attached hydrogens (tertiary/aromatic N) is 1. The zero-order chi connectivity index (χ0) is 19.2. The van der Waals surface area contributed by atoms with E-state index in [1.807, 2.05) is 80.8 Å². The van der Waals surface area contributed by atoms with Crippen LogP contribution in [0.3, 0.4) is 0 Å². The number of carbonyl (C=O) groups excluding carboxylic acids is 1. The van der Waals surface area contributed by atoms with Gasteiger partial charge in [0.25, 0.3) is 0 Å². The number of benzene rings is 3. The van der Waals surface area contributed by atoms with Crippen molar-refractivity contribution in [2.75, 3.05) is 33.1 Å². The Labute approximate surface area is 159 Å². The molecule has 3 aromatic carbocycles. The van der Waals surface area contributed by atoms with Gasteiger partial charge < -0.3 is 20.3 Å². The minimum atomic E-state index is -0.221. The summed E-state index contributed by atoms with van der Waals surface area (Å²) in [5, 5.41) is 8.06. The number of likely N-dealkylation sites (N-methyl/N-ethyl adjacent to an activating group) is 1. The first-order valence-electron chi connectivity index (χ1n) is 8.91. The van der Waals surface area contributed by atoms with E-state index in [0.717, 1.165) is 27.8 Å². The first kappa shape index (κ1) is 18.7. The highest BCUT2D eigenvalue weighted by molar-refractivity contribution is 6.01. The number of urea groups is 1. The van der Waals surface area contributed by atoms with E-state index >= 15 is 0 Å². The normalized spacial score (nSPS) is 12.0. The summed E-state index contributed by atoms with van der Waals surface area (Å²) in [6.07, 6.45) is 0. The minimum Gasteiger partial charge on any atom is -0.497 e. The molecular weight excluding hydrogens is 338 g/mol. The number of carbonyl (C=O) groups is 1. The largest absolute Gasteiger partial charge is 0.497 e. The molecule has 0 saturated heterocycles. The number of hydrogen-bond donors (Lipinski definition) is 2. The molecule has 1 unspecified atom stereocenters. The Balaban J connectivity index is 1.69. The fourth-order valence-electron chi connectivity index (χ4n) is 3.14. The van der Waals surface area contributed by atoms with Crippen LogP contribution >= 0.6 is 0 Å². The summed E-state index contributed by atoms with van der Waals surface area (Å²) in [7, 11) is 5.64. The third-order valence-electron chi connectivity index (χ3n) is 4.60. The number of anilines is 1. The van der Waals surface area contributed by atoms with Crippen molar-refractivity contribution in [2.45, 2.75) is 6.04 Å². The second-order valence-electron chi connectivity index (χ2n) is 6.62. The highest BCUT2D eigenvalue weighted by atomic mass is 16.5. The molecule has 5 heteroatoms. The van der Waals surface area contributed by atoms with Gasteiger partial charge in [0.1, 0.15) is 5.75 Å². The summed E-state index contributed by atoms with van der Waals surface area (Å²) in [4.78, 5) is 14.5. The molecule has 0 aliphatic heterocycles. The monoisotopic (exact) mass is 363 g/mol. The number of hydrogen-bond acceptors (Lipinski definition) is 3. The number of fused-ring (bicyclic) bond motifs is 1. The van der Waals surface area contributed by atoms with Gasteiger partial charge in [0.2, 0.25) is 0 Å². The lowest BCUT2D eigenvalue weighted by atomic mass is 10.1. The number of amides is 2. The molecular formula is C22H25N3O2. The maximum Gasteiger partial charge on any atom is 0.319 e. The fourth-order valence-corrected chi connectivity index (χ4v) is 3.14. The van der Waals surface area contributed by atoms with Gasteiger partial charge in [-0.2, -0.15) is 0 Å². The van der Waals surface area contributed by atoms with Crippen molar-refractivity contribution >= 4 is 22.5 Å². The topological polar surface area (TPSA) is 53.6 Å². The Hall–Kier alpha value is -3.05. The maximum atomic E-state index is 12.5. The van der Waals surface area contributed by atoms with Crippen LogP contribution in [0.25, 0.3) is 10.8 Å². The maximum absolute atomic E-state index is 12.5. The minimum absolute atomic E-state index is 0.0402. The van der Waals surface area contributed by atoms with E-state index in [4.69, 9.17) is 4.74 Å². The van der Waals surface area contributed by atoms with Crippen molar-refractivity contribution in [3.8, 4) is 5.75 Å². The Kier molecular flexibility index (Phi) is 5.94. The summed E-state index contributed by atoms with van der Waals surface area (Å²) in [5.74, 6) is 0.805. The number of methoxy groups -OCH3 is 1. The second-order valence-corrected chi connectivity index (χ2v) is 6.62. The average Bonchev–Trinajstić information content (AvgIpc) is 2.68. The molecule has 0 aromatic heterocycles. The predicted molar refractivity (Wildman–Crippen MR) is 110 cm³/mol. The zero-order valence-electron chi connectivity index (χ0n) is 15.9. The third kappa shape index (κ3) is 4.57. The van der Waals surface area contributed by atoms with Crippen molar-refractivity contribution < 1.29 is 9.53 Å². The Morgan fingerprint density at radius 2 is 1.78 bits per heavy atom. The lowest BCUT2D eigenvalue weighted by Gasteiger charge is -2.25. The molecule has 3 aromatic rings. The van der Waals surface area contributed by atoms with E-state index in [0.29, 0.717) is 6.54 Å². The van der Waals surface area contributed by atoms with E-state index in [1.54, 1.807) is 7.11 Å². The predicted octanol–water partition coefficient (Wildman–Crippen LogP) is 4.27. The Bertz CT molecular complexity index is 919. The van der Waals surface area contributed by atoms with Gasteiger partial charge in [-0.05, 0) is 43.2 Å². The summed E-state index contributed by atoms with van der Waals surface area (Å²) >= 11 is 0. The molecule has 0 radical (unpaired) electrons. The summed E-state index contributed by atoms with van der Waals surface area (Å²) in [6, 6.07) is 21.6. The van der Waals surface area contributed by atoms with Crippen LogP contribution in [0.2, 0.25) is 0 Å². The van der Waals surface area contributed by atoms with E-state index < -0.39 is 0 Å². The van der Waals surface area contributed by atoms with Crippen molar-refractivity contribution in [3.05, 3.63) is 72.3 Å². The van der Waals surface area contributed by atoms with Crippen molar-refractivity contribution in [3.63, 3.8) is 0 Å². The molecule has 140 valence electrons. The van der Waals surface area contributed by atoms with Gasteiger partial charge in [0, 0.05) is 11.9 Å². The SMILES string of the molecule is COc1cccc(C(CNC(=O)Nc2cccc3ccccc23)N(C)C)c1. The van der Waals surface area contributed by atoms with Crippen molar-refractivity contribution in [1.29, 1.82) is 0 Å². The molecule has 2 N–H and O–H groups in total. The molecule has 27 heavy (non-hydrogen) atoms. The summed E-state index contributed by atoms with van der Waals surface area (Å²) in [5.41, 5.74) is 1.89. The van der Waals surface area contributed by atoms with E-state index in [1.165, 1.54) is 0 Å². The first-order valence-corrected chi connectivity index (χ1v) is 8.91. The van der Waals surface area contributed by atoms with Crippen LogP contribution in [0, 0.1) is 0 Å². The van der Waals surface area contributed by atoms with Crippen LogP contribution in [0.5, 0.6) is 5.75 Å². The molecule has 0 spiro atoms. The molecule has 1 atom stereocenters. The van der Waals surface area contributed by atoms with Crippen LogP contribution in [0.4, 0.5) is 10.5 Å². The van der Waals surface area contributed by atoms with Crippen LogP contribution in [-0.4, -0.2) is 38.7 Å². The standard InChI is InChI=1S/C22H25N3O2/c1-25(2)21(17-10-6-11-18(14-17)27-3)15-23-22(26)24-20-13-7-9-16-8-4-5-12-19(16)20/h4-14,21H,15H2,1-3H3,(H2,23,24,26). The summed E-state index contributed by atoms with van der Waals surface area (Å²) in [6.45, 7) is 0.483. The van der Waals surface area contributed by atoms with Crippen LogP contribution in [0.1, 0.15) is 11.6 Å². The van der Waals surface area contributed by atoms with Crippen LogP contribution in [0.15, 0.2) is 66.7 Å². The van der Waals surface area contributed by atoms with E-state index in [-0.39, 0.29) is 12.1 Å². The highest BCUT2D eigenvalue weighted by Gasteiger charge is 2.16. The zero-order valence-corrected chi connectivity index (χ0v) is 15.9. The van der Waals surface area contributed by atoms with Crippen LogP contribution in [-0.2, 0) is 0 Å². The fraction of sp³-hybridized carbons (Fsp3) is 0.227. The van der Waals surface area contributed by atoms with Gasteiger partial charge in [-0.25, -0.2) is 4.79 Å². The molecule has 5 nitrogen and oxygen atoms in total. The smallest absolute Gasteiger partial charge is 0.319 e. The van der Waals surface area contributed by atoms with Gasteiger partial charge in [-0.15, -0.1) is 0 Å². The number of rotatable bonds is 6. The third-order valence-corrected chi connectivity index (χ3v) is 4.60. The summed E-state index contributed by atoms with van der Waals surface area (Å²) < 4.78 is 5.31. The number of ether oxygens (including phenoxy) is 1. The van der Waals surface area contributed by atoms with Gasteiger partial charge in [-0.3, -0.25) is 0 Å². The second kappa shape index (κ2) is 8.56. The molecule has 0 saturated carbocycles. The van der Waals surface area contributed by atoms with E-state index in [9.17, 15) is 4.79 Å². The molecule has 0 aliphatic rings. The van der Waals surface area contributed by atoms with E-state index in [2.05, 4.69) is 15.5 Å². The Morgan fingerprint density at radius 1 is 1.04 bits per heavy atom. The van der Waals surface area contributed by atoms with Crippen molar-refractivity contribution in [2.24, 2.45) is 0 Å². The highest BCUT2D eigenvalue weighted by Crippen LogP contribution is 2.24. The first-order chi connectivity index (χ1) is 13.1. The van der Waals surface area contributed by atoms with Gasteiger partial charge in [0.15, 0.2) is 0 Å². The molecule has 0 heterocycles. The number of nitrogens with one attached hydrogen (secondary N) is 2.